The van der Waals surface area contributed by atoms with Crippen molar-refractivity contribution < 1.29 is 23.5 Å². The lowest BCUT2D eigenvalue weighted by Gasteiger charge is -2.11. The molecular weight excluding hydrogens is 571 g/mol. The highest BCUT2D eigenvalue weighted by atomic mass is 32.1. The highest BCUT2D eigenvalue weighted by molar-refractivity contribution is 7.22. The van der Waals surface area contributed by atoms with Gasteiger partial charge in [0, 0.05) is 62.5 Å². The number of thiophene rings is 1. The SMILES string of the molecule is COCCNCc1ccc(-c2cc3nccc(Oc4ccc(NC(=O)NCc5cccc(C(N)=O)c5)cc4F)c3s2)nc1. The third-order valence-electron chi connectivity index (χ3n) is 6.34. The van der Waals surface area contributed by atoms with Gasteiger partial charge in [-0.05, 0) is 47.5 Å². The van der Waals surface area contributed by atoms with Gasteiger partial charge >= 0.3 is 6.03 Å². The Kier molecular flexibility index (Phi) is 9.52. The van der Waals surface area contributed by atoms with Crippen molar-refractivity contribution in [3.63, 3.8) is 0 Å². The van der Waals surface area contributed by atoms with Gasteiger partial charge in [-0.1, -0.05) is 18.2 Å². The van der Waals surface area contributed by atoms with Crippen molar-refractivity contribution in [2.75, 3.05) is 25.6 Å². The molecule has 220 valence electrons. The predicted octanol–water partition coefficient (Wildman–Crippen LogP) is 5.45. The smallest absolute Gasteiger partial charge is 0.319 e. The number of amides is 3. The molecule has 0 fully saturated rings. The van der Waals surface area contributed by atoms with Crippen LogP contribution in [-0.4, -0.2) is 42.2 Å². The lowest BCUT2D eigenvalue weighted by atomic mass is 10.1. The Labute approximate surface area is 251 Å². The first-order valence-corrected chi connectivity index (χ1v) is 14.2. The molecule has 0 radical (unpaired) electrons. The van der Waals surface area contributed by atoms with Crippen LogP contribution < -0.4 is 26.4 Å². The topological polar surface area (TPSA) is 140 Å². The van der Waals surface area contributed by atoms with Gasteiger partial charge in [-0.2, -0.15) is 0 Å². The van der Waals surface area contributed by atoms with E-state index in [2.05, 4.69) is 25.9 Å². The van der Waals surface area contributed by atoms with Crippen molar-refractivity contribution in [1.29, 1.82) is 0 Å². The average molecular weight is 601 g/mol. The van der Waals surface area contributed by atoms with Gasteiger partial charge in [0.05, 0.1) is 27.4 Å². The fourth-order valence-corrected chi connectivity index (χ4v) is 5.22. The molecule has 5 rings (SSSR count). The molecule has 3 aromatic heterocycles. The van der Waals surface area contributed by atoms with E-state index in [-0.39, 0.29) is 18.0 Å². The second-order valence-electron chi connectivity index (χ2n) is 9.47. The van der Waals surface area contributed by atoms with Crippen molar-refractivity contribution in [1.82, 2.24) is 20.6 Å². The number of rotatable bonds is 12. The van der Waals surface area contributed by atoms with Crippen LogP contribution in [0.5, 0.6) is 11.5 Å². The molecule has 5 N–H and O–H groups in total. The third-order valence-corrected chi connectivity index (χ3v) is 7.50. The fourth-order valence-electron chi connectivity index (χ4n) is 4.18. The molecule has 5 aromatic rings. The zero-order valence-corrected chi connectivity index (χ0v) is 24.0. The van der Waals surface area contributed by atoms with E-state index in [0.717, 1.165) is 27.4 Å². The highest BCUT2D eigenvalue weighted by Crippen LogP contribution is 2.39. The molecule has 0 saturated carbocycles. The molecule has 0 bridgehead atoms. The number of halogens is 1. The van der Waals surface area contributed by atoms with Crippen LogP contribution in [0.1, 0.15) is 21.5 Å². The number of benzene rings is 2. The van der Waals surface area contributed by atoms with Crippen molar-refractivity contribution in [2.45, 2.75) is 13.1 Å². The van der Waals surface area contributed by atoms with E-state index in [1.807, 2.05) is 24.4 Å². The molecule has 2 aromatic carbocycles. The van der Waals surface area contributed by atoms with Crippen LogP contribution in [0.25, 0.3) is 20.8 Å². The maximum absolute atomic E-state index is 15.0. The van der Waals surface area contributed by atoms with Crippen molar-refractivity contribution >= 4 is 39.2 Å². The van der Waals surface area contributed by atoms with Gasteiger partial charge in [0.25, 0.3) is 0 Å². The summed E-state index contributed by atoms with van der Waals surface area (Å²) in [4.78, 5) is 33.7. The Morgan fingerprint density at radius 1 is 0.977 bits per heavy atom. The number of anilines is 1. The van der Waals surface area contributed by atoms with Crippen LogP contribution in [-0.2, 0) is 17.8 Å². The Hall–Kier alpha value is -4.91. The number of urea groups is 1. The highest BCUT2D eigenvalue weighted by Gasteiger charge is 2.14. The third kappa shape index (κ3) is 7.68. The second kappa shape index (κ2) is 13.8. The number of primary amides is 1. The number of carbonyl (C=O) groups is 2. The quantitative estimate of drug-likeness (QED) is 0.140. The van der Waals surface area contributed by atoms with E-state index in [1.54, 1.807) is 49.7 Å². The molecule has 3 heterocycles. The van der Waals surface area contributed by atoms with Crippen LogP contribution in [0.15, 0.2) is 79.1 Å². The van der Waals surface area contributed by atoms with Crippen molar-refractivity contribution in [3.8, 4) is 22.1 Å². The Bertz CT molecular complexity index is 1740. The Morgan fingerprint density at radius 3 is 2.63 bits per heavy atom. The normalized spacial score (nSPS) is 10.9. The minimum Gasteiger partial charge on any atom is -0.453 e. The molecule has 0 spiro atoms. The molecule has 0 atom stereocenters. The van der Waals surface area contributed by atoms with E-state index in [0.29, 0.717) is 35.5 Å². The summed E-state index contributed by atoms with van der Waals surface area (Å²) in [7, 11) is 1.67. The van der Waals surface area contributed by atoms with E-state index >= 15 is 4.39 Å². The van der Waals surface area contributed by atoms with Crippen LogP contribution in [0.4, 0.5) is 14.9 Å². The lowest BCUT2D eigenvalue weighted by Crippen LogP contribution is -2.28. The van der Waals surface area contributed by atoms with Crippen molar-refractivity contribution in [3.05, 3.63) is 102 Å². The summed E-state index contributed by atoms with van der Waals surface area (Å²) in [5.41, 5.74) is 9.15. The van der Waals surface area contributed by atoms with Gasteiger partial charge in [0.15, 0.2) is 11.6 Å². The lowest BCUT2D eigenvalue weighted by molar-refractivity contribution is 0.1000. The minimum atomic E-state index is -0.648. The molecule has 10 nitrogen and oxygen atoms in total. The summed E-state index contributed by atoms with van der Waals surface area (Å²) < 4.78 is 26.8. The number of fused-ring (bicyclic) bond motifs is 1. The summed E-state index contributed by atoms with van der Waals surface area (Å²) in [6, 6.07) is 17.8. The molecule has 0 aliphatic carbocycles. The van der Waals surface area contributed by atoms with Crippen LogP contribution in [0.2, 0.25) is 0 Å². The van der Waals surface area contributed by atoms with Crippen LogP contribution in [0.3, 0.4) is 0 Å². The maximum Gasteiger partial charge on any atom is 0.319 e. The second-order valence-corrected chi connectivity index (χ2v) is 10.5. The van der Waals surface area contributed by atoms with Gasteiger partial charge in [0.2, 0.25) is 5.91 Å². The van der Waals surface area contributed by atoms with Crippen molar-refractivity contribution in [2.24, 2.45) is 5.73 Å². The molecule has 43 heavy (non-hydrogen) atoms. The molecule has 12 heteroatoms. The van der Waals surface area contributed by atoms with Crippen LogP contribution >= 0.6 is 11.3 Å². The van der Waals surface area contributed by atoms with E-state index in [9.17, 15) is 9.59 Å². The number of ether oxygens (including phenoxy) is 2. The van der Waals surface area contributed by atoms with E-state index in [1.165, 1.54) is 23.5 Å². The molecule has 0 unspecified atom stereocenters. The molecule has 0 aliphatic heterocycles. The summed E-state index contributed by atoms with van der Waals surface area (Å²) in [6.45, 7) is 2.25. The summed E-state index contributed by atoms with van der Waals surface area (Å²) in [6.07, 6.45) is 3.44. The number of carbonyl (C=O) groups excluding carboxylic acids is 2. The molecule has 3 amide bonds. The predicted molar refractivity (Wildman–Crippen MR) is 164 cm³/mol. The zero-order chi connectivity index (χ0) is 30.2. The number of nitrogens with zero attached hydrogens (tertiary/aromatic N) is 2. The number of methoxy groups -OCH3 is 1. The van der Waals surface area contributed by atoms with Gasteiger partial charge in [-0.3, -0.25) is 14.8 Å². The first kappa shape index (κ1) is 29.6. The summed E-state index contributed by atoms with van der Waals surface area (Å²) >= 11 is 1.45. The standard InChI is InChI=1S/C31H29FN6O4S/c1-41-12-11-34-16-20-5-7-24(36-18-20)28-15-25-29(43-28)27(9-10-35-25)42-26-8-6-22(14-23(26)32)38-31(40)37-17-19-3-2-4-21(13-19)30(33)39/h2-10,13-15,18,34H,11-12,16-17H2,1H3,(H2,33,39)(H2,37,38,40). The monoisotopic (exact) mass is 600 g/mol. The number of nitrogens with one attached hydrogen (secondary N) is 3. The summed E-state index contributed by atoms with van der Waals surface area (Å²) in [5, 5.41) is 8.55. The Balaban J connectivity index is 1.22. The largest absolute Gasteiger partial charge is 0.453 e. The first-order chi connectivity index (χ1) is 20.9. The zero-order valence-electron chi connectivity index (χ0n) is 23.2. The number of hydrogen-bond donors (Lipinski definition) is 4. The van der Waals surface area contributed by atoms with E-state index < -0.39 is 17.8 Å². The number of pyridine rings is 2. The van der Waals surface area contributed by atoms with Gasteiger partial charge < -0.3 is 31.2 Å². The number of nitrogens with two attached hydrogens (primary N) is 1. The van der Waals surface area contributed by atoms with Gasteiger partial charge in [-0.15, -0.1) is 11.3 Å². The van der Waals surface area contributed by atoms with Crippen LogP contribution in [0, 0.1) is 5.82 Å². The Morgan fingerprint density at radius 2 is 1.86 bits per heavy atom. The molecule has 0 aliphatic rings. The number of hydrogen-bond acceptors (Lipinski definition) is 8. The van der Waals surface area contributed by atoms with Gasteiger partial charge in [0.1, 0.15) is 5.75 Å². The summed E-state index contributed by atoms with van der Waals surface area (Å²) in [5.74, 6) is -0.748. The van der Waals surface area contributed by atoms with E-state index in [4.69, 9.17) is 15.2 Å². The fraction of sp³-hybridized carbons (Fsp3) is 0.161. The minimum absolute atomic E-state index is 0.000116. The number of aromatic nitrogens is 2. The first-order valence-electron chi connectivity index (χ1n) is 13.3. The van der Waals surface area contributed by atoms with Gasteiger partial charge in [-0.25, -0.2) is 9.18 Å². The average Bonchev–Trinajstić information content (AvgIpc) is 3.46. The maximum atomic E-state index is 15.0. The molecular formula is C31H29FN6O4S. The molecule has 0 saturated heterocycles.